The van der Waals surface area contributed by atoms with Crippen molar-refractivity contribution in [2.75, 3.05) is 6.54 Å². The molecular formula is C14H18N2O. The Morgan fingerprint density at radius 3 is 2.88 bits per heavy atom. The molecule has 1 aliphatic heterocycles. The Kier molecular flexibility index (Phi) is 3.59. The molecule has 0 radical (unpaired) electrons. The molecule has 0 saturated heterocycles. The van der Waals surface area contributed by atoms with E-state index < -0.39 is 6.04 Å². The normalized spacial score (nSPS) is 16.2. The molecule has 1 amide bonds. The Morgan fingerprint density at radius 1 is 1.47 bits per heavy atom. The molecule has 1 aromatic carbocycles. The molecule has 0 bridgehead atoms. The van der Waals surface area contributed by atoms with E-state index in [4.69, 9.17) is 5.73 Å². The number of rotatable bonds is 3. The molecule has 0 fully saturated rings. The van der Waals surface area contributed by atoms with Gasteiger partial charge in [0.25, 0.3) is 0 Å². The van der Waals surface area contributed by atoms with Crippen molar-refractivity contribution in [1.29, 1.82) is 0 Å². The third-order valence-corrected chi connectivity index (χ3v) is 3.18. The summed E-state index contributed by atoms with van der Waals surface area (Å²) in [5.74, 6) is 0.0272. The summed E-state index contributed by atoms with van der Waals surface area (Å²) < 4.78 is 0. The molecule has 1 atom stereocenters. The lowest BCUT2D eigenvalue weighted by Gasteiger charge is -2.30. The van der Waals surface area contributed by atoms with Crippen molar-refractivity contribution < 1.29 is 4.79 Å². The van der Waals surface area contributed by atoms with E-state index in [-0.39, 0.29) is 5.91 Å². The average molecular weight is 230 g/mol. The van der Waals surface area contributed by atoms with Crippen LogP contribution in [0.25, 0.3) is 0 Å². The third kappa shape index (κ3) is 2.56. The van der Waals surface area contributed by atoms with Crippen LogP contribution in [-0.4, -0.2) is 23.4 Å². The lowest BCUT2D eigenvalue weighted by Crippen LogP contribution is -2.45. The summed E-state index contributed by atoms with van der Waals surface area (Å²) >= 11 is 0. The smallest absolute Gasteiger partial charge is 0.240 e. The average Bonchev–Trinajstić information content (AvgIpc) is 2.37. The highest BCUT2D eigenvalue weighted by Crippen LogP contribution is 2.19. The predicted molar refractivity (Wildman–Crippen MR) is 68.4 cm³/mol. The fourth-order valence-corrected chi connectivity index (χ4v) is 2.20. The van der Waals surface area contributed by atoms with Crippen LogP contribution in [0.1, 0.15) is 17.5 Å². The van der Waals surface area contributed by atoms with Gasteiger partial charge < -0.3 is 10.6 Å². The van der Waals surface area contributed by atoms with E-state index in [2.05, 4.69) is 18.7 Å². The summed E-state index contributed by atoms with van der Waals surface area (Å²) in [7, 11) is 0. The maximum absolute atomic E-state index is 12.1. The molecule has 3 heteroatoms. The van der Waals surface area contributed by atoms with Crippen LogP contribution < -0.4 is 5.73 Å². The van der Waals surface area contributed by atoms with Gasteiger partial charge in [0.2, 0.25) is 5.91 Å². The predicted octanol–water partition coefficient (Wildman–Crippen LogP) is 1.47. The minimum Gasteiger partial charge on any atom is -0.337 e. The first-order valence-corrected chi connectivity index (χ1v) is 5.94. The Balaban J connectivity index is 2.07. The van der Waals surface area contributed by atoms with Crippen molar-refractivity contribution in [3.05, 3.63) is 48.0 Å². The van der Waals surface area contributed by atoms with Crippen molar-refractivity contribution in [3.8, 4) is 0 Å². The Bertz CT molecular complexity index is 428. The van der Waals surface area contributed by atoms with E-state index in [0.29, 0.717) is 13.0 Å². The molecule has 1 heterocycles. The van der Waals surface area contributed by atoms with Crippen LogP contribution in [0.3, 0.4) is 0 Å². The van der Waals surface area contributed by atoms with Gasteiger partial charge in [-0.2, -0.15) is 0 Å². The zero-order chi connectivity index (χ0) is 12.3. The largest absolute Gasteiger partial charge is 0.337 e. The molecule has 17 heavy (non-hydrogen) atoms. The van der Waals surface area contributed by atoms with Crippen LogP contribution in [0, 0.1) is 0 Å². The second kappa shape index (κ2) is 5.15. The van der Waals surface area contributed by atoms with Crippen LogP contribution in [-0.2, 0) is 17.8 Å². The molecule has 2 rings (SSSR count). The second-order valence-electron chi connectivity index (χ2n) is 4.41. The summed E-state index contributed by atoms with van der Waals surface area (Å²) in [6.07, 6.45) is 3.15. The van der Waals surface area contributed by atoms with E-state index in [1.54, 1.807) is 6.08 Å². The van der Waals surface area contributed by atoms with Crippen molar-refractivity contribution in [3.63, 3.8) is 0 Å². The number of hydrogen-bond acceptors (Lipinski definition) is 2. The first-order chi connectivity index (χ1) is 8.22. The highest BCUT2D eigenvalue weighted by Gasteiger charge is 2.23. The fraction of sp³-hybridized carbons (Fsp3) is 0.357. The highest BCUT2D eigenvalue weighted by atomic mass is 16.2. The Labute approximate surface area is 102 Å². The van der Waals surface area contributed by atoms with Gasteiger partial charge in [-0.3, -0.25) is 4.79 Å². The SMILES string of the molecule is C=CCC(N)C(=O)N1CCc2ccccc2C1. The van der Waals surface area contributed by atoms with Gasteiger partial charge in [-0.05, 0) is 24.0 Å². The molecule has 90 valence electrons. The summed E-state index contributed by atoms with van der Waals surface area (Å²) in [4.78, 5) is 13.9. The maximum Gasteiger partial charge on any atom is 0.240 e. The molecule has 0 aliphatic carbocycles. The first kappa shape index (κ1) is 11.9. The number of fused-ring (bicyclic) bond motifs is 1. The number of hydrogen-bond donors (Lipinski definition) is 1. The van der Waals surface area contributed by atoms with Gasteiger partial charge in [0.15, 0.2) is 0 Å². The zero-order valence-electron chi connectivity index (χ0n) is 9.93. The Morgan fingerprint density at radius 2 is 2.18 bits per heavy atom. The molecule has 1 unspecified atom stereocenters. The molecule has 2 N–H and O–H groups in total. The minimum atomic E-state index is -0.447. The Hall–Kier alpha value is -1.61. The van der Waals surface area contributed by atoms with Gasteiger partial charge in [0, 0.05) is 13.1 Å². The number of nitrogens with zero attached hydrogens (tertiary/aromatic N) is 1. The monoisotopic (exact) mass is 230 g/mol. The van der Waals surface area contributed by atoms with Crippen molar-refractivity contribution in [2.45, 2.75) is 25.4 Å². The summed E-state index contributed by atoms with van der Waals surface area (Å²) in [5, 5.41) is 0. The lowest BCUT2D eigenvalue weighted by molar-refractivity contribution is -0.133. The lowest BCUT2D eigenvalue weighted by atomic mass is 9.99. The van der Waals surface area contributed by atoms with Crippen LogP contribution >= 0.6 is 0 Å². The van der Waals surface area contributed by atoms with Gasteiger partial charge in [0.1, 0.15) is 0 Å². The fourth-order valence-electron chi connectivity index (χ4n) is 2.20. The maximum atomic E-state index is 12.1. The number of nitrogens with two attached hydrogens (primary N) is 1. The van der Waals surface area contributed by atoms with E-state index >= 15 is 0 Å². The van der Waals surface area contributed by atoms with Crippen molar-refractivity contribution in [2.24, 2.45) is 5.73 Å². The molecule has 0 aromatic heterocycles. The number of benzene rings is 1. The molecule has 1 aliphatic rings. The molecular weight excluding hydrogens is 212 g/mol. The quantitative estimate of drug-likeness (QED) is 0.799. The van der Waals surface area contributed by atoms with Crippen molar-refractivity contribution in [1.82, 2.24) is 4.90 Å². The van der Waals surface area contributed by atoms with Gasteiger partial charge in [0.05, 0.1) is 6.04 Å². The second-order valence-corrected chi connectivity index (χ2v) is 4.41. The van der Waals surface area contributed by atoms with Gasteiger partial charge in [-0.1, -0.05) is 30.3 Å². The third-order valence-electron chi connectivity index (χ3n) is 3.18. The van der Waals surface area contributed by atoms with Crippen molar-refractivity contribution >= 4 is 5.91 Å². The summed E-state index contributed by atoms with van der Waals surface area (Å²) in [6, 6.07) is 7.81. The van der Waals surface area contributed by atoms with Crippen LogP contribution in [0.5, 0.6) is 0 Å². The molecule has 0 spiro atoms. The van der Waals surface area contributed by atoms with E-state index in [1.807, 2.05) is 17.0 Å². The summed E-state index contributed by atoms with van der Waals surface area (Å²) in [5.41, 5.74) is 8.39. The van der Waals surface area contributed by atoms with Gasteiger partial charge in [-0.15, -0.1) is 6.58 Å². The van der Waals surface area contributed by atoms with E-state index in [0.717, 1.165) is 13.0 Å². The molecule has 3 nitrogen and oxygen atoms in total. The highest BCUT2D eigenvalue weighted by molar-refractivity contribution is 5.82. The van der Waals surface area contributed by atoms with E-state index in [9.17, 15) is 4.79 Å². The number of carbonyl (C=O) groups excluding carboxylic acids is 1. The zero-order valence-corrected chi connectivity index (χ0v) is 9.93. The standard InChI is InChI=1S/C14H18N2O/c1-2-5-13(15)14(17)16-9-8-11-6-3-4-7-12(11)10-16/h2-4,6-7,13H,1,5,8-10,15H2. The topological polar surface area (TPSA) is 46.3 Å². The van der Waals surface area contributed by atoms with E-state index in [1.165, 1.54) is 11.1 Å². The molecule has 1 aromatic rings. The number of amides is 1. The summed E-state index contributed by atoms with van der Waals surface area (Å²) in [6.45, 7) is 5.06. The van der Waals surface area contributed by atoms with Crippen LogP contribution in [0.2, 0.25) is 0 Å². The van der Waals surface area contributed by atoms with Gasteiger partial charge >= 0.3 is 0 Å². The van der Waals surface area contributed by atoms with Crippen LogP contribution in [0.4, 0.5) is 0 Å². The van der Waals surface area contributed by atoms with Gasteiger partial charge in [-0.25, -0.2) is 0 Å². The van der Waals surface area contributed by atoms with Crippen LogP contribution in [0.15, 0.2) is 36.9 Å². The molecule has 0 saturated carbocycles. The minimum absolute atomic E-state index is 0.0272. The number of carbonyl (C=O) groups is 1. The first-order valence-electron chi connectivity index (χ1n) is 5.94.